The Labute approximate surface area is 119 Å². The van der Waals surface area contributed by atoms with Crippen LogP contribution in [0.3, 0.4) is 0 Å². The summed E-state index contributed by atoms with van der Waals surface area (Å²) in [4.78, 5) is 0. The van der Waals surface area contributed by atoms with Gasteiger partial charge in [0.15, 0.2) is 0 Å². The molecule has 3 nitrogen and oxygen atoms in total. The highest BCUT2D eigenvalue weighted by Gasteiger charge is 2.16. The summed E-state index contributed by atoms with van der Waals surface area (Å²) >= 11 is 0. The highest BCUT2D eigenvalue weighted by molar-refractivity contribution is 5.92. The lowest BCUT2D eigenvalue weighted by Gasteiger charge is -2.22. The summed E-state index contributed by atoms with van der Waals surface area (Å²) in [5.74, 6) is 0.812. The van der Waals surface area contributed by atoms with Crippen LogP contribution in [0.2, 0.25) is 0 Å². The van der Waals surface area contributed by atoms with E-state index in [2.05, 4.69) is 6.07 Å². The highest BCUT2D eigenvalue weighted by Crippen LogP contribution is 2.28. The summed E-state index contributed by atoms with van der Waals surface area (Å²) < 4.78 is 11.2. The van der Waals surface area contributed by atoms with E-state index in [4.69, 9.17) is 14.7 Å². The number of hydrogen-bond donors (Lipinski definition) is 0. The molecule has 0 N–H and O–H groups in total. The van der Waals surface area contributed by atoms with E-state index >= 15 is 0 Å². The largest absolute Gasteiger partial charge is 0.493 e. The highest BCUT2D eigenvalue weighted by atomic mass is 16.5. The molecule has 104 valence electrons. The molecule has 0 spiro atoms. The Morgan fingerprint density at radius 1 is 1.10 bits per heavy atom. The molecule has 2 rings (SSSR count). The van der Waals surface area contributed by atoms with Crippen molar-refractivity contribution in [3.05, 3.63) is 42.0 Å². The molecule has 2 aromatic rings. The number of hydrogen-bond acceptors (Lipinski definition) is 3. The summed E-state index contributed by atoms with van der Waals surface area (Å²) in [6.45, 7) is 4.65. The van der Waals surface area contributed by atoms with Gasteiger partial charge in [-0.3, -0.25) is 0 Å². The fourth-order valence-electron chi connectivity index (χ4n) is 2.00. The minimum Gasteiger partial charge on any atom is -0.493 e. The first-order valence-electron chi connectivity index (χ1n) is 6.67. The summed E-state index contributed by atoms with van der Waals surface area (Å²) in [6, 6.07) is 13.7. The van der Waals surface area contributed by atoms with Crippen LogP contribution in [0.1, 0.15) is 25.8 Å². The molecule has 0 radical (unpaired) electrons. The molecule has 3 heteroatoms. The van der Waals surface area contributed by atoms with Crippen molar-refractivity contribution in [2.24, 2.45) is 0 Å². The molecule has 2 aromatic carbocycles. The minimum atomic E-state index is -0.192. The minimum absolute atomic E-state index is 0.192. The van der Waals surface area contributed by atoms with E-state index in [9.17, 15) is 0 Å². The lowest BCUT2D eigenvalue weighted by atomic mass is 10.0. The first-order valence-corrected chi connectivity index (χ1v) is 6.67. The summed E-state index contributed by atoms with van der Waals surface area (Å²) in [6.07, 6.45) is 0.803. The number of nitrogens with zero attached hydrogens (tertiary/aromatic N) is 1. The van der Waals surface area contributed by atoms with Gasteiger partial charge in [-0.25, -0.2) is 0 Å². The molecule has 0 bridgehead atoms. The van der Waals surface area contributed by atoms with E-state index in [1.54, 1.807) is 13.2 Å². The van der Waals surface area contributed by atoms with Gasteiger partial charge in [-0.1, -0.05) is 24.3 Å². The second-order valence-electron chi connectivity index (χ2n) is 5.33. The molecule has 0 fully saturated rings. The quantitative estimate of drug-likeness (QED) is 0.826. The Morgan fingerprint density at radius 3 is 2.45 bits per heavy atom. The van der Waals surface area contributed by atoms with Gasteiger partial charge in [0.05, 0.1) is 23.8 Å². The van der Waals surface area contributed by atoms with Crippen LogP contribution in [0.15, 0.2) is 36.4 Å². The van der Waals surface area contributed by atoms with E-state index in [0.717, 1.165) is 22.9 Å². The maximum absolute atomic E-state index is 9.13. The normalized spacial score (nSPS) is 11.3. The third-order valence-corrected chi connectivity index (χ3v) is 3.52. The Bertz CT molecular complexity index is 641. The number of methoxy groups -OCH3 is 1. The van der Waals surface area contributed by atoms with Crippen molar-refractivity contribution in [1.82, 2.24) is 0 Å². The van der Waals surface area contributed by atoms with E-state index < -0.39 is 0 Å². The maximum atomic E-state index is 9.13. The van der Waals surface area contributed by atoms with Gasteiger partial charge in [0, 0.05) is 24.3 Å². The van der Waals surface area contributed by atoms with Crippen molar-refractivity contribution in [3.63, 3.8) is 0 Å². The molecule has 0 heterocycles. The SMILES string of the molecule is COC(C)(C)CCOc1ccc(C#N)c2ccccc12. The van der Waals surface area contributed by atoms with Gasteiger partial charge in [-0.15, -0.1) is 0 Å². The average Bonchev–Trinajstić information content (AvgIpc) is 2.47. The Hall–Kier alpha value is -2.05. The second-order valence-corrected chi connectivity index (χ2v) is 5.33. The first kappa shape index (κ1) is 14.4. The molecule has 0 amide bonds. The van der Waals surface area contributed by atoms with Gasteiger partial charge in [-0.05, 0) is 26.0 Å². The van der Waals surface area contributed by atoms with Gasteiger partial charge < -0.3 is 9.47 Å². The molecule has 0 saturated heterocycles. The van der Waals surface area contributed by atoms with Crippen LogP contribution >= 0.6 is 0 Å². The van der Waals surface area contributed by atoms with E-state index in [1.165, 1.54) is 0 Å². The van der Waals surface area contributed by atoms with Gasteiger partial charge in [0.2, 0.25) is 0 Å². The van der Waals surface area contributed by atoms with Gasteiger partial charge in [-0.2, -0.15) is 5.26 Å². The lowest BCUT2D eigenvalue weighted by molar-refractivity contribution is 0.00558. The van der Waals surface area contributed by atoms with Crippen LogP contribution in [0.4, 0.5) is 0 Å². The van der Waals surface area contributed by atoms with Crippen molar-refractivity contribution >= 4 is 10.8 Å². The molecular weight excluding hydrogens is 250 g/mol. The standard InChI is InChI=1S/C17H19NO2/c1-17(2,19-3)10-11-20-16-9-8-13(12-18)14-6-4-5-7-15(14)16/h4-9H,10-11H2,1-3H3. The molecular formula is C17H19NO2. The van der Waals surface area contributed by atoms with Gasteiger partial charge >= 0.3 is 0 Å². The number of benzene rings is 2. The van der Waals surface area contributed by atoms with Crippen molar-refractivity contribution in [1.29, 1.82) is 5.26 Å². The molecule has 0 aromatic heterocycles. The second kappa shape index (κ2) is 5.94. The smallest absolute Gasteiger partial charge is 0.127 e. The Kier molecular flexibility index (Phi) is 4.26. The van der Waals surface area contributed by atoms with Crippen LogP contribution < -0.4 is 4.74 Å². The predicted molar refractivity (Wildman–Crippen MR) is 79.9 cm³/mol. The number of rotatable bonds is 5. The summed E-state index contributed by atoms with van der Waals surface area (Å²) in [5.41, 5.74) is 0.479. The zero-order chi connectivity index (χ0) is 14.6. The number of ether oxygens (including phenoxy) is 2. The average molecular weight is 269 g/mol. The number of nitriles is 1. The molecule has 20 heavy (non-hydrogen) atoms. The molecule has 0 saturated carbocycles. The Morgan fingerprint density at radius 2 is 1.80 bits per heavy atom. The third-order valence-electron chi connectivity index (χ3n) is 3.52. The van der Waals surface area contributed by atoms with Crippen molar-refractivity contribution < 1.29 is 9.47 Å². The van der Waals surface area contributed by atoms with E-state index in [0.29, 0.717) is 12.2 Å². The number of fused-ring (bicyclic) bond motifs is 1. The molecule has 0 atom stereocenters. The van der Waals surface area contributed by atoms with Crippen LogP contribution in [0.25, 0.3) is 10.8 Å². The zero-order valence-corrected chi connectivity index (χ0v) is 12.1. The summed E-state index contributed by atoms with van der Waals surface area (Å²) in [5, 5.41) is 11.0. The lowest BCUT2D eigenvalue weighted by Crippen LogP contribution is -2.25. The van der Waals surface area contributed by atoms with Crippen LogP contribution in [0, 0.1) is 11.3 Å². The molecule has 0 aliphatic carbocycles. The van der Waals surface area contributed by atoms with Crippen LogP contribution in [0.5, 0.6) is 5.75 Å². The maximum Gasteiger partial charge on any atom is 0.127 e. The van der Waals surface area contributed by atoms with Crippen molar-refractivity contribution in [2.75, 3.05) is 13.7 Å². The topological polar surface area (TPSA) is 42.2 Å². The van der Waals surface area contributed by atoms with Crippen LogP contribution in [-0.4, -0.2) is 19.3 Å². The van der Waals surface area contributed by atoms with Gasteiger partial charge in [0.25, 0.3) is 0 Å². The third kappa shape index (κ3) is 3.09. The fraction of sp³-hybridized carbons (Fsp3) is 0.353. The predicted octanol–water partition coefficient (Wildman–Crippen LogP) is 3.91. The van der Waals surface area contributed by atoms with Gasteiger partial charge in [0.1, 0.15) is 5.75 Å². The summed E-state index contributed by atoms with van der Waals surface area (Å²) in [7, 11) is 1.71. The first-order chi connectivity index (χ1) is 9.57. The van der Waals surface area contributed by atoms with E-state index in [1.807, 2.05) is 44.2 Å². The van der Waals surface area contributed by atoms with Crippen molar-refractivity contribution in [2.45, 2.75) is 25.9 Å². The monoisotopic (exact) mass is 269 g/mol. The fourth-order valence-corrected chi connectivity index (χ4v) is 2.00. The molecule has 0 aliphatic rings. The molecule has 0 aliphatic heterocycles. The molecule has 0 unspecified atom stereocenters. The van der Waals surface area contributed by atoms with E-state index in [-0.39, 0.29) is 5.60 Å². The zero-order valence-electron chi connectivity index (χ0n) is 12.1. The Balaban J connectivity index is 2.22. The van der Waals surface area contributed by atoms with Crippen LogP contribution in [-0.2, 0) is 4.74 Å². The van der Waals surface area contributed by atoms with Crippen molar-refractivity contribution in [3.8, 4) is 11.8 Å².